The van der Waals surface area contributed by atoms with Crippen molar-refractivity contribution in [2.45, 2.75) is 38.1 Å². The van der Waals surface area contributed by atoms with Gasteiger partial charge in [0.2, 0.25) is 0 Å². The lowest BCUT2D eigenvalue weighted by atomic mass is 10.1. The second-order valence-electron chi connectivity index (χ2n) is 5.02. The van der Waals surface area contributed by atoms with Crippen LogP contribution in [0.1, 0.15) is 26.7 Å². The summed E-state index contributed by atoms with van der Waals surface area (Å²) in [4.78, 5) is 0. The SMILES string of the molecule is CC(C)CCCOC(=S)NC1CS(=O)(=O)CC1Cl. The molecule has 0 aromatic carbocycles. The molecular weight excluding hydrogens is 294 g/mol. The van der Waals surface area contributed by atoms with Gasteiger partial charge in [0.15, 0.2) is 9.84 Å². The summed E-state index contributed by atoms with van der Waals surface area (Å²) in [6.07, 6.45) is 2.02. The van der Waals surface area contributed by atoms with E-state index in [1.54, 1.807) is 0 Å². The molecule has 0 spiro atoms. The second kappa shape index (κ2) is 6.91. The molecule has 7 heteroatoms. The van der Waals surface area contributed by atoms with Crippen LogP contribution in [0.25, 0.3) is 0 Å². The molecule has 2 unspecified atom stereocenters. The monoisotopic (exact) mass is 313 g/mol. The highest BCUT2D eigenvalue weighted by molar-refractivity contribution is 7.91. The Morgan fingerprint density at radius 2 is 2.17 bits per heavy atom. The van der Waals surface area contributed by atoms with Crippen LogP contribution in [0.5, 0.6) is 0 Å². The van der Waals surface area contributed by atoms with Crippen LogP contribution >= 0.6 is 23.8 Å². The quantitative estimate of drug-likeness (QED) is 0.476. The van der Waals surface area contributed by atoms with Gasteiger partial charge in [0.25, 0.3) is 5.17 Å². The van der Waals surface area contributed by atoms with Crippen molar-refractivity contribution in [2.75, 3.05) is 18.1 Å². The van der Waals surface area contributed by atoms with Gasteiger partial charge in [0.05, 0.1) is 29.5 Å². The highest BCUT2D eigenvalue weighted by Crippen LogP contribution is 2.18. The first kappa shape index (κ1) is 16.0. The molecule has 0 aromatic rings. The summed E-state index contributed by atoms with van der Waals surface area (Å²) in [6.45, 7) is 4.85. The number of nitrogens with one attached hydrogen (secondary N) is 1. The lowest BCUT2D eigenvalue weighted by Gasteiger charge is -2.16. The van der Waals surface area contributed by atoms with Crippen LogP contribution in [-0.4, -0.2) is 43.1 Å². The fourth-order valence-corrected chi connectivity index (χ4v) is 4.57. The van der Waals surface area contributed by atoms with Crippen molar-refractivity contribution in [3.05, 3.63) is 0 Å². The second-order valence-corrected chi connectivity index (χ2v) is 8.10. The van der Waals surface area contributed by atoms with Gasteiger partial charge in [-0.3, -0.25) is 0 Å². The zero-order chi connectivity index (χ0) is 13.8. The van der Waals surface area contributed by atoms with Crippen LogP contribution in [0.15, 0.2) is 0 Å². The number of rotatable bonds is 5. The van der Waals surface area contributed by atoms with Crippen LogP contribution in [0.4, 0.5) is 0 Å². The topological polar surface area (TPSA) is 55.4 Å². The van der Waals surface area contributed by atoms with Crippen molar-refractivity contribution in [2.24, 2.45) is 5.92 Å². The van der Waals surface area contributed by atoms with Gasteiger partial charge < -0.3 is 10.1 Å². The lowest BCUT2D eigenvalue weighted by Crippen LogP contribution is -2.40. The van der Waals surface area contributed by atoms with Gasteiger partial charge in [-0.2, -0.15) is 0 Å². The Balaban J connectivity index is 2.24. The van der Waals surface area contributed by atoms with Gasteiger partial charge in [0.1, 0.15) is 0 Å². The van der Waals surface area contributed by atoms with E-state index in [4.69, 9.17) is 28.6 Å². The highest BCUT2D eigenvalue weighted by Gasteiger charge is 2.36. The van der Waals surface area contributed by atoms with E-state index in [0.29, 0.717) is 12.5 Å². The smallest absolute Gasteiger partial charge is 0.256 e. The molecule has 1 rings (SSSR count). The number of thiocarbonyl (C=S) groups is 1. The Labute approximate surface area is 119 Å². The molecule has 1 aliphatic rings. The minimum absolute atomic E-state index is 0.00217. The van der Waals surface area contributed by atoms with Crippen molar-refractivity contribution in [3.8, 4) is 0 Å². The number of hydrogen-bond acceptors (Lipinski definition) is 4. The van der Waals surface area contributed by atoms with E-state index in [9.17, 15) is 8.42 Å². The van der Waals surface area contributed by atoms with Crippen molar-refractivity contribution in [3.63, 3.8) is 0 Å². The fourth-order valence-electron chi connectivity index (χ4n) is 1.79. The molecule has 1 N–H and O–H groups in total. The maximum absolute atomic E-state index is 11.4. The van der Waals surface area contributed by atoms with E-state index in [0.717, 1.165) is 12.8 Å². The van der Waals surface area contributed by atoms with Crippen molar-refractivity contribution >= 4 is 38.8 Å². The normalized spacial score (nSPS) is 26.2. The largest absolute Gasteiger partial charge is 0.471 e. The third-order valence-electron chi connectivity index (χ3n) is 2.75. The van der Waals surface area contributed by atoms with E-state index in [1.807, 2.05) is 0 Å². The molecule has 18 heavy (non-hydrogen) atoms. The molecule has 0 aromatic heterocycles. The van der Waals surface area contributed by atoms with Gasteiger partial charge in [-0.1, -0.05) is 13.8 Å². The maximum atomic E-state index is 11.4. The van der Waals surface area contributed by atoms with Crippen molar-refractivity contribution < 1.29 is 13.2 Å². The van der Waals surface area contributed by atoms with E-state index in [2.05, 4.69) is 19.2 Å². The third-order valence-corrected chi connectivity index (χ3v) is 5.36. The first-order valence-corrected chi connectivity index (χ1v) is 8.74. The van der Waals surface area contributed by atoms with Crippen LogP contribution in [-0.2, 0) is 14.6 Å². The summed E-state index contributed by atoms with van der Waals surface area (Å²) >= 11 is 11.0. The summed E-state index contributed by atoms with van der Waals surface area (Å²) < 4.78 is 28.1. The molecule has 0 radical (unpaired) electrons. The average Bonchev–Trinajstić information content (AvgIpc) is 2.46. The first-order chi connectivity index (χ1) is 8.30. The zero-order valence-electron chi connectivity index (χ0n) is 10.7. The number of sulfone groups is 1. The standard InChI is InChI=1S/C11H20ClNO3S2/c1-8(2)4-3-5-16-11(17)13-10-7-18(14,15)6-9(10)12/h8-10H,3-7H2,1-2H3,(H,13,17). The van der Waals surface area contributed by atoms with E-state index < -0.39 is 15.2 Å². The van der Waals surface area contributed by atoms with Gasteiger partial charge in [0, 0.05) is 0 Å². The van der Waals surface area contributed by atoms with Crippen LogP contribution in [0.2, 0.25) is 0 Å². The predicted molar refractivity (Wildman–Crippen MR) is 77.8 cm³/mol. The Kier molecular flexibility index (Phi) is 6.14. The van der Waals surface area contributed by atoms with Crippen molar-refractivity contribution in [1.29, 1.82) is 0 Å². The molecule has 1 heterocycles. The Morgan fingerprint density at radius 3 is 2.67 bits per heavy atom. The molecule has 0 aliphatic carbocycles. The third kappa shape index (κ3) is 5.71. The van der Waals surface area contributed by atoms with Crippen molar-refractivity contribution in [1.82, 2.24) is 5.32 Å². The summed E-state index contributed by atoms with van der Waals surface area (Å²) in [5.41, 5.74) is 0. The van der Waals surface area contributed by atoms with Crippen LogP contribution < -0.4 is 5.32 Å². The van der Waals surface area contributed by atoms with Crippen LogP contribution in [0.3, 0.4) is 0 Å². The summed E-state index contributed by atoms with van der Waals surface area (Å²) in [5, 5.41) is 2.67. The fraction of sp³-hybridized carbons (Fsp3) is 0.909. The van der Waals surface area contributed by atoms with Gasteiger partial charge in [-0.25, -0.2) is 8.42 Å². The molecule has 0 amide bonds. The minimum atomic E-state index is -3.04. The summed E-state index contributed by atoms with van der Waals surface area (Å²) in [6, 6.07) is -0.339. The first-order valence-electron chi connectivity index (χ1n) is 6.08. The molecule has 0 bridgehead atoms. The lowest BCUT2D eigenvalue weighted by molar-refractivity contribution is 0.277. The average molecular weight is 314 g/mol. The Morgan fingerprint density at radius 1 is 1.50 bits per heavy atom. The Bertz CT molecular complexity index is 384. The van der Waals surface area contributed by atoms with E-state index >= 15 is 0 Å². The number of hydrogen-bond donors (Lipinski definition) is 1. The van der Waals surface area contributed by atoms with Crippen LogP contribution in [0, 0.1) is 5.92 Å². The van der Waals surface area contributed by atoms with E-state index in [1.165, 1.54) is 0 Å². The number of alkyl halides is 1. The molecule has 0 saturated carbocycles. The molecule has 2 atom stereocenters. The van der Waals surface area contributed by atoms with Gasteiger partial charge >= 0.3 is 0 Å². The highest BCUT2D eigenvalue weighted by atomic mass is 35.5. The molecule has 4 nitrogen and oxygen atoms in total. The number of halogens is 1. The molecule has 1 fully saturated rings. The zero-order valence-corrected chi connectivity index (χ0v) is 13.1. The van der Waals surface area contributed by atoms with E-state index in [-0.39, 0.29) is 22.7 Å². The molecular formula is C11H20ClNO3S2. The molecule has 1 aliphatic heterocycles. The minimum Gasteiger partial charge on any atom is -0.471 e. The molecule has 1 saturated heterocycles. The maximum Gasteiger partial charge on any atom is 0.256 e. The predicted octanol–water partition coefficient (Wildman–Crippen LogP) is 1.72. The molecule has 106 valence electrons. The van der Waals surface area contributed by atoms with Gasteiger partial charge in [-0.05, 0) is 31.0 Å². The van der Waals surface area contributed by atoms with Gasteiger partial charge in [-0.15, -0.1) is 11.6 Å². The number of ether oxygens (including phenoxy) is 1. The Hall–Kier alpha value is -0.0700. The summed E-state index contributed by atoms with van der Waals surface area (Å²) in [7, 11) is -3.04. The summed E-state index contributed by atoms with van der Waals surface area (Å²) in [5.74, 6) is 0.668.